The summed E-state index contributed by atoms with van der Waals surface area (Å²) in [4.78, 5) is 17.2. The van der Waals surface area contributed by atoms with Crippen molar-refractivity contribution in [2.75, 3.05) is 18.0 Å². The van der Waals surface area contributed by atoms with Gasteiger partial charge in [0.2, 0.25) is 0 Å². The molecule has 2 heterocycles. The zero-order valence-corrected chi connectivity index (χ0v) is 11.0. The van der Waals surface area contributed by atoms with Crippen molar-refractivity contribution in [3.63, 3.8) is 0 Å². The van der Waals surface area contributed by atoms with Gasteiger partial charge < -0.3 is 10.0 Å². The molecule has 0 aliphatic carbocycles. The van der Waals surface area contributed by atoms with E-state index in [9.17, 15) is 4.79 Å². The lowest BCUT2D eigenvalue weighted by Gasteiger charge is -2.39. The molecule has 18 heavy (non-hydrogen) atoms. The predicted molar refractivity (Wildman–Crippen MR) is 71.0 cm³/mol. The minimum absolute atomic E-state index is 0.245. The molecule has 0 bridgehead atoms. The Labute approximate surface area is 108 Å². The average Bonchev–Trinajstić information content (AvgIpc) is 2.40. The lowest BCUT2D eigenvalue weighted by atomic mass is 9.78. The van der Waals surface area contributed by atoms with E-state index in [2.05, 4.69) is 23.7 Å². The summed E-state index contributed by atoms with van der Waals surface area (Å²) in [6.45, 7) is 6.59. The van der Waals surface area contributed by atoms with E-state index in [0.29, 0.717) is 5.41 Å². The number of aromatic carboxylic acids is 1. The molecule has 0 atom stereocenters. The van der Waals surface area contributed by atoms with Gasteiger partial charge in [-0.2, -0.15) is 0 Å². The second-order valence-corrected chi connectivity index (χ2v) is 5.36. The summed E-state index contributed by atoms with van der Waals surface area (Å²) in [5.74, 6) is -0.0376. The van der Waals surface area contributed by atoms with Gasteiger partial charge in [0.15, 0.2) is 0 Å². The molecule has 0 radical (unpaired) electrons. The van der Waals surface area contributed by atoms with Gasteiger partial charge in [0.25, 0.3) is 0 Å². The molecular formula is C14H20N2O2. The van der Waals surface area contributed by atoms with Crippen LogP contribution >= 0.6 is 0 Å². The lowest BCUT2D eigenvalue weighted by Crippen LogP contribution is -2.38. The first-order valence-corrected chi connectivity index (χ1v) is 6.48. The molecule has 2 rings (SSSR count). The summed E-state index contributed by atoms with van der Waals surface area (Å²) in [6.07, 6.45) is 5.00. The van der Waals surface area contributed by atoms with Crippen LogP contribution in [0.5, 0.6) is 0 Å². The fourth-order valence-corrected chi connectivity index (χ4v) is 2.33. The molecule has 1 N–H and O–H groups in total. The first-order chi connectivity index (χ1) is 8.54. The molecule has 0 aromatic carbocycles. The third-order valence-corrected chi connectivity index (χ3v) is 4.14. The fraction of sp³-hybridized carbons (Fsp3) is 0.571. The monoisotopic (exact) mass is 248 g/mol. The molecule has 98 valence electrons. The Hall–Kier alpha value is -1.58. The van der Waals surface area contributed by atoms with Gasteiger partial charge in [-0.15, -0.1) is 0 Å². The second-order valence-electron chi connectivity index (χ2n) is 5.36. The Balaban J connectivity index is 2.03. The molecule has 0 unspecified atom stereocenters. The topological polar surface area (TPSA) is 53.4 Å². The van der Waals surface area contributed by atoms with Crippen molar-refractivity contribution in [3.05, 3.63) is 23.9 Å². The Morgan fingerprint density at radius 3 is 2.56 bits per heavy atom. The molecule has 0 amide bonds. The van der Waals surface area contributed by atoms with Crippen LogP contribution < -0.4 is 4.90 Å². The van der Waals surface area contributed by atoms with E-state index < -0.39 is 5.97 Å². The van der Waals surface area contributed by atoms with E-state index in [1.54, 1.807) is 12.1 Å². The van der Waals surface area contributed by atoms with Crippen LogP contribution in [0.25, 0.3) is 0 Å². The van der Waals surface area contributed by atoms with Crippen LogP contribution in [-0.4, -0.2) is 29.1 Å². The van der Waals surface area contributed by atoms with Gasteiger partial charge in [-0.3, -0.25) is 0 Å². The summed E-state index contributed by atoms with van der Waals surface area (Å²) >= 11 is 0. The molecule has 0 saturated carbocycles. The Bertz CT molecular complexity index is 420. The van der Waals surface area contributed by atoms with Crippen molar-refractivity contribution in [1.82, 2.24) is 4.98 Å². The summed E-state index contributed by atoms with van der Waals surface area (Å²) in [5, 5.41) is 8.83. The molecule has 1 aromatic rings. The molecular weight excluding hydrogens is 228 g/mol. The number of carboxylic acid groups (broad SMARTS) is 1. The van der Waals surface area contributed by atoms with Crippen LogP contribution in [0.1, 0.15) is 43.5 Å². The number of hydrogen-bond acceptors (Lipinski definition) is 3. The van der Waals surface area contributed by atoms with Crippen LogP contribution in [0.15, 0.2) is 18.3 Å². The minimum Gasteiger partial charge on any atom is -0.478 e. The number of pyridine rings is 1. The smallest absolute Gasteiger partial charge is 0.337 e. The van der Waals surface area contributed by atoms with E-state index in [0.717, 1.165) is 18.9 Å². The van der Waals surface area contributed by atoms with E-state index in [4.69, 9.17) is 5.11 Å². The highest BCUT2D eigenvalue weighted by molar-refractivity contribution is 5.87. The van der Waals surface area contributed by atoms with Crippen LogP contribution in [-0.2, 0) is 0 Å². The third kappa shape index (κ3) is 2.63. The highest BCUT2D eigenvalue weighted by Gasteiger charge is 2.28. The number of hydrogen-bond donors (Lipinski definition) is 1. The second kappa shape index (κ2) is 4.96. The van der Waals surface area contributed by atoms with Crippen molar-refractivity contribution in [2.24, 2.45) is 5.41 Å². The number of aromatic nitrogens is 1. The molecule has 4 heteroatoms. The number of nitrogens with zero attached hydrogens (tertiary/aromatic N) is 2. The van der Waals surface area contributed by atoms with Gasteiger partial charge >= 0.3 is 5.97 Å². The largest absolute Gasteiger partial charge is 0.478 e. The summed E-state index contributed by atoms with van der Waals surface area (Å²) in [6, 6.07) is 3.43. The highest BCUT2D eigenvalue weighted by Crippen LogP contribution is 2.35. The van der Waals surface area contributed by atoms with Gasteiger partial charge in [-0.05, 0) is 30.4 Å². The molecule has 1 aliphatic heterocycles. The maximum absolute atomic E-state index is 10.8. The molecule has 1 aromatic heterocycles. The van der Waals surface area contributed by atoms with Crippen molar-refractivity contribution in [3.8, 4) is 0 Å². The van der Waals surface area contributed by atoms with Crippen LogP contribution in [0.2, 0.25) is 0 Å². The minimum atomic E-state index is -0.925. The average molecular weight is 248 g/mol. The van der Waals surface area contributed by atoms with Crippen molar-refractivity contribution in [2.45, 2.75) is 33.1 Å². The Kier molecular flexibility index (Phi) is 3.55. The van der Waals surface area contributed by atoms with Crippen molar-refractivity contribution < 1.29 is 9.90 Å². The van der Waals surface area contributed by atoms with Gasteiger partial charge in [-0.25, -0.2) is 9.78 Å². The van der Waals surface area contributed by atoms with E-state index >= 15 is 0 Å². The van der Waals surface area contributed by atoms with Crippen LogP contribution in [0, 0.1) is 5.41 Å². The summed E-state index contributed by atoms with van der Waals surface area (Å²) < 4.78 is 0. The highest BCUT2D eigenvalue weighted by atomic mass is 16.4. The fourth-order valence-electron chi connectivity index (χ4n) is 2.33. The molecule has 0 spiro atoms. The number of carbonyl (C=O) groups is 1. The number of carboxylic acids is 1. The lowest BCUT2D eigenvalue weighted by molar-refractivity contribution is 0.0696. The number of anilines is 1. The van der Waals surface area contributed by atoms with Gasteiger partial charge in [-0.1, -0.05) is 20.3 Å². The van der Waals surface area contributed by atoms with E-state index in [1.807, 2.05) is 0 Å². The van der Waals surface area contributed by atoms with Crippen molar-refractivity contribution >= 4 is 11.8 Å². The number of rotatable bonds is 3. The molecule has 1 fully saturated rings. The maximum Gasteiger partial charge on any atom is 0.337 e. The van der Waals surface area contributed by atoms with Gasteiger partial charge in [0, 0.05) is 19.3 Å². The summed E-state index contributed by atoms with van der Waals surface area (Å²) in [5.41, 5.74) is 0.700. The third-order valence-electron chi connectivity index (χ3n) is 4.14. The quantitative estimate of drug-likeness (QED) is 0.893. The normalized spacial score (nSPS) is 18.7. The van der Waals surface area contributed by atoms with Crippen molar-refractivity contribution in [1.29, 1.82) is 0 Å². The zero-order valence-electron chi connectivity index (χ0n) is 11.0. The van der Waals surface area contributed by atoms with Crippen LogP contribution in [0.4, 0.5) is 5.82 Å². The molecule has 1 saturated heterocycles. The zero-order chi connectivity index (χ0) is 13.2. The first-order valence-electron chi connectivity index (χ1n) is 6.48. The summed E-state index contributed by atoms with van der Waals surface area (Å²) in [7, 11) is 0. The molecule has 1 aliphatic rings. The first kappa shape index (κ1) is 12.9. The van der Waals surface area contributed by atoms with E-state index in [1.165, 1.54) is 25.5 Å². The van der Waals surface area contributed by atoms with E-state index in [-0.39, 0.29) is 5.56 Å². The molecule has 4 nitrogen and oxygen atoms in total. The Morgan fingerprint density at radius 2 is 2.11 bits per heavy atom. The number of piperidine rings is 1. The van der Waals surface area contributed by atoms with Gasteiger partial charge in [0.1, 0.15) is 5.82 Å². The predicted octanol–water partition coefficient (Wildman–Crippen LogP) is 2.80. The SMILES string of the molecule is CCC1(C)CCN(c2ccc(C(=O)O)cn2)CC1. The van der Waals surface area contributed by atoms with Gasteiger partial charge in [0.05, 0.1) is 5.56 Å². The Morgan fingerprint density at radius 1 is 1.44 bits per heavy atom. The standard InChI is InChI=1S/C14H20N2O2/c1-3-14(2)6-8-16(9-7-14)12-5-4-11(10-15-12)13(17)18/h4-5,10H,3,6-9H2,1-2H3,(H,17,18). The van der Waals surface area contributed by atoms with Crippen LogP contribution in [0.3, 0.4) is 0 Å². The maximum atomic E-state index is 10.8.